The van der Waals surface area contributed by atoms with Gasteiger partial charge >= 0.3 is 83.2 Å². The van der Waals surface area contributed by atoms with Crippen molar-refractivity contribution in [3.63, 3.8) is 0 Å². The first kappa shape index (κ1) is 51.0. The smallest absolute Gasteiger partial charge is 0.341 e. The quantitative estimate of drug-likeness (QED) is 0.0468. The van der Waals surface area contributed by atoms with Crippen LogP contribution in [0.25, 0.3) is 0 Å². The van der Waals surface area contributed by atoms with E-state index in [9.17, 15) is 94.7 Å². The van der Waals surface area contributed by atoms with Crippen molar-refractivity contribution >= 4 is 83.2 Å². The molecule has 0 radical (unpaired) electrons. The van der Waals surface area contributed by atoms with Gasteiger partial charge in [-0.15, -0.1) is 0 Å². The zero-order valence-corrected chi connectivity index (χ0v) is 32.3. The topological polar surface area (TPSA) is 536 Å². The molecule has 0 aliphatic carbocycles. The summed E-state index contributed by atoms with van der Waals surface area (Å²) in [5.41, 5.74) is 0. The Morgan fingerprint density at radius 3 is 1.18 bits per heavy atom. The van der Waals surface area contributed by atoms with E-state index in [1.165, 1.54) is 0 Å². The first-order chi connectivity index (χ1) is 24.7. The third-order valence-electron chi connectivity index (χ3n) is 6.08. The lowest BCUT2D eigenvalue weighted by molar-refractivity contribution is -0.372. The maximum atomic E-state index is 11.9. The van der Waals surface area contributed by atoms with Crippen molar-refractivity contribution in [1.29, 1.82) is 0 Å². The average Bonchev–Trinajstić information content (AvgIpc) is 3.19. The molecule has 35 nitrogen and oxygen atoms in total. The lowest BCUT2D eigenvalue weighted by Gasteiger charge is -2.46. The Balaban J connectivity index is 3.07. The van der Waals surface area contributed by atoms with Crippen LogP contribution in [0, 0.1) is 5.92 Å². The van der Waals surface area contributed by atoms with E-state index in [-0.39, 0.29) is 0 Å². The second-order valence-corrected chi connectivity index (χ2v) is 18.6. The van der Waals surface area contributed by atoms with Crippen LogP contribution in [0.3, 0.4) is 0 Å². The van der Waals surface area contributed by atoms with E-state index in [1.807, 2.05) is 0 Å². The van der Waals surface area contributed by atoms with Gasteiger partial charge in [0.15, 0.2) is 12.4 Å². The summed E-state index contributed by atoms with van der Waals surface area (Å²) in [4.78, 5) is 0. The summed E-state index contributed by atoms with van der Waals surface area (Å²) in [7, 11) is -47.5. The Morgan fingerprint density at radius 2 is 0.768 bits per heavy atom. The second kappa shape index (κ2) is 17.8. The maximum absolute atomic E-state index is 11.9. The zero-order chi connectivity index (χ0) is 43.7. The van der Waals surface area contributed by atoms with Crippen molar-refractivity contribution in [3.8, 4) is 0 Å². The Labute approximate surface area is 314 Å². The van der Waals surface area contributed by atoms with Gasteiger partial charge < -0.3 is 14.2 Å². The minimum Gasteiger partial charge on any atom is -0.341 e. The minimum absolute atomic E-state index is 1.82. The molecular formula is C13H24O35S8. The molecule has 56 heavy (non-hydrogen) atoms. The fourth-order valence-electron chi connectivity index (χ4n) is 4.51. The molecule has 0 aromatic heterocycles. The summed E-state index contributed by atoms with van der Waals surface area (Å²) >= 11 is 0. The molecule has 2 rings (SSSR count). The number of hydrogen-bond acceptors (Lipinski definition) is 27. The van der Waals surface area contributed by atoms with Gasteiger partial charge in [-0.3, -0.25) is 36.4 Å². The fourth-order valence-corrected chi connectivity index (χ4v) is 7.78. The average molecular weight is 997 g/mol. The van der Waals surface area contributed by atoms with Crippen molar-refractivity contribution in [2.45, 2.75) is 48.7 Å². The van der Waals surface area contributed by atoms with E-state index < -0.39 is 164 Å². The Morgan fingerprint density at radius 1 is 0.411 bits per heavy atom. The van der Waals surface area contributed by atoms with Gasteiger partial charge in [-0.2, -0.15) is 67.3 Å². The van der Waals surface area contributed by atoms with Crippen molar-refractivity contribution in [2.24, 2.45) is 5.92 Å². The van der Waals surface area contributed by atoms with Crippen LogP contribution in [0.1, 0.15) is 0 Å². The summed E-state index contributed by atoms with van der Waals surface area (Å²) in [5.74, 6) is -6.72. The monoisotopic (exact) mass is 996 g/mol. The Bertz CT molecular complexity index is 2300. The Kier molecular flexibility index (Phi) is 16.2. The van der Waals surface area contributed by atoms with Crippen LogP contribution in [0.15, 0.2) is 0 Å². The SMILES string of the molecule is O=S(=O)(O)OC[C@H]1O[C@@](COS(=O)(=O)O)(O[C@H]2O[C@H](COS(=O)(=O)O)[C@@H](OS(=O)(=O)O)[C@H](OS(=O)(=O)O)[C@H]2OS(=O)(=O)O)[C@@H](COS(=O)(=O)O)[C@@H]1OS(=O)(=O)O. The largest absolute Gasteiger partial charge is 0.397 e. The van der Waals surface area contributed by atoms with E-state index in [0.717, 1.165) is 0 Å². The fraction of sp³-hybridized carbons (Fsp3) is 1.00. The van der Waals surface area contributed by atoms with Gasteiger partial charge in [0.05, 0.1) is 25.7 Å². The van der Waals surface area contributed by atoms with Crippen LogP contribution in [0.5, 0.6) is 0 Å². The minimum atomic E-state index is -6.22. The highest BCUT2D eigenvalue weighted by Gasteiger charge is 2.64. The van der Waals surface area contributed by atoms with E-state index in [0.29, 0.717) is 0 Å². The number of rotatable bonds is 22. The standard InChI is InChI=1S/C13H24O35S8/c14-49(15,16)38-1-5-8(45-53(26,27)28)7(3-40-51(20,21)22)43-13(5,4-41-52(23,24)25)44-12-11(48-56(35,36)37)10(47-55(32,33)34)9(46-54(29,30)31)6(42-12)2-39-50(17,18)19/h5-12H,1-4H2,(H,14,15,16)(H,17,18,19)(H,20,21,22)(H,23,24,25)(H,26,27,28)(H,29,30,31)(H,32,33,34)(H,35,36,37)/t5-,6+,7+,8-,9+,10-,11+,12+,13-/m0/s1. The van der Waals surface area contributed by atoms with E-state index in [1.54, 1.807) is 0 Å². The van der Waals surface area contributed by atoms with Crippen LogP contribution >= 0.6 is 0 Å². The molecule has 0 spiro atoms. The van der Waals surface area contributed by atoms with E-state index in [2.05, 4.69) is 33.5 Å². The third kappa shape index (κ3) is 18.4. The summed E-state index contributed by atoms with van der Waals surface area (Å²) in [6.45, 7) is -7.95. The highest BCUT2D eigenvalue weighted by molar-refractivity contribution is 7.82. The van der Waals surface area contributed by atoms with Crippen LogP contribution in [-0.2, 0) is 131 Å². The molecule has 2 aliphatic heterocycles. The molecule has 2 saturated heterocycles. The van der Waals surface area contributed by atoms with Crippen molar-refractivity contribution in [2.75, 3.05) is 26.4 Å². The van der Waals surface area contributed by atoms with Crippen LogP contribution in [0.4, 0.5) is 0 Å². The summed E-state index contributed by atoms with van der Waals surface area (Å²) in [6, 6.07) is 0. The molecule has 43 heteroatoms. The molecule has 334 valence electrons. The molecule has 0 aromatic rings. The predicted octanol–water partition coefficient (Wildman–Crippen LogP) is -6.53. The van der Waals surface area contributed by atoms with E-state index in [4.69, 9.17) is 23.3 Å². The second-order valence-electron chi connectivity index (χ2n) is 10.0. The van der Waals surface area contributed by atoms with Gasteiger partial charge in [0, 0.05) is 0 Å². The number of ether oxygens (including phenoxy) is 3. The van der Waals surface area contributed by atoms with Gasteiger partial charge in [-0.25, -0.2) is 33.5 Å². The molecule has 0 saturated carbocycles. The predicted molar refractivity (Wildman–Crippen MR) is 157 cm³/mol. The molecule has 8 N–H and O–H groups in total. The number of hydrogen-bond donors (Lipinski definition) is 8. The maximum Gasteiger partial charge on any atom is 0.397 e. The lowest BCUT2D eigenvalue weighted by atomic mass is 9.94. The molecule has 2 fully saturated rings. The third-order valence-corrected chi connectivity index (χ3v) is 9.66. The highest BCUT2D eigenvalue weighted by atomic mass is 32.3. The molecular weight excluding hydrogens is 973 g/mol. The first-order valence-corrected chi connectivity index (χ1v) is 23.7. The molecule has 2 aliphatic rings. The van der Waals surface area contributed by atoms with Crippen molar-refractivity contribution in [1.82, 2.24) is 0 Å². The van der Waals surface area contributed by atoms with Gasteiger partial charge in [0.25, 0.3) is 0 Å². The molecule has 9 atom stereocenters. The molecule has 0 unspecified atom stereocenters. The normalized spacial score (nSPS) is 30.4. The molecule has 0 aromatic carbocycles. The van der Waals surface area contributed by atoms with Crippen LogP contribution < -0.4 is 0 Å². The van der Waals surface area contributed by atoms with Crippen LogP contribution in [0.2, 0.25) is 0 Å². The molecule has 0 amide bonds. The molecule has 0 bridgehead atoms. The molecule has 2 heterocycles. The van der Waals surface area contributed by atoms with Gasteiger partial charge in [-0.1, -0.05) is 0 Å². The van der Waals surface area contributed by atoms with Crippen LogP contribution in [-0.4, -0.2) is 179 Å². The summed E-state index contributed by atoms with van der Waals surface area (Å²) < 4.78 is 308. The van der Waals surface area contributed by atoms with Gasteiger partial charge in [0.1, 0.15) is 37.1 Å². The summed E-state index contributed by atoms with van der Waals surface area (Å²) in [6.07, 6.45) is -21.9. The summed E-state index contributed by atoms with van der Waals surface area (Å²) in [5, 5.41) is 0. The Hall–Kier alpha value is -1.16. The lowest BCUT2D eigenvalue weighted by Crippen LogP contribution is -2.65. The van der Waals surface area contributed by atoms with E-state index >= 15 is 0 Å². The van der Waals surface area contributed by atoms with Crippen molar-refractivity contribution < 1.29 is 151 Å². The van der Waals surface area contributed by atoms with Gasteiger partial charge in [-0.05, 0) is 0 Å². The highest BCUT2D eigenvalue weighted by Crippen LogP contribution is 2.44. The first-order valence-electron chi connectivity index (χ1n) is 12.8. The van der Waals surface area contributed by atoms with Gasteiger partial charge in [0.2, 0.25) is 5.79 Å². The van der Waals surface area contributed by atoms with Crippen molar-refractivity contribution in [3.05, 3.63) is 0 Å². The zero-order valence-electron chi connectivity index (χ0n) is 25.8.